The van der Waals surface area contributed by atoms with Crippen molar-refractivity contribution in [3.05, 3.63) is 0 Å². The molecule has 0 aromatic heterocycles. The van der Waals surface area contributed by atoms with Crippen molar-refractivity contribution in [2.45, 2.75) is 173 Å². The molecule has 0 fully saturated rings. The van der Waals surface area contributed by atoms with E-state index in [4.69, 9.17) is 0 Å². The maximum atomic E-state index is 12.1. The molecule has 1 atom stereocenters. The minimum absolute atomic E-state index is 0.373. The van der Waals surface area contributed by atoms with E-state index in [-0.39, 0.29) is 0 Å². The van der Waals surface area contributed by atoms with Crippen molar-refractivity contribution in [3.8, 4) is 0 Å². The van der Waals surface area contributed by atoms with Crippen LogP contribution in [0.15, 0.2) is 0 Å². The molecule has 0 heterocycles. The predicted molar refractivity (Wildman–Crippen MR) is 141 cm³/mol. The van der Waals surface area contributed by atoms with Crippen LogP contribution in [0.2, 0.25) is 0 Å². The first-order chi connectivity index (χ1) is 15.9. The second kappa shape index (κ2) is 20.9. The number of ketones is 1. The number of unbranched alkanes of at least 4 members (excludes halogenated alkanes) is 18. The van der Waals surface area contributed by atoms with Gasteiger partial charge in [-0.2, -0.15) is 0 Å². The van der Waals surface area contributed by atoms with Gasteiger partial charge in [-0.3, -0.25) is 4.79 Å². The Bertz CT molecular complexity index is 427. The van der Waals surface area contributed by atoms with Crippen molar-refractivity contribution >= 4 is 5.78 Å². The molecule has 1 unspecified atom stereocenters. The Morgan fingerprint density at radius 2 is 0.818 bits per heavy atom. The van der Waals surface area contributed by atoms with Gasteiger partial charge in [0.1, 0.15) is 5.60 Å². The number of hydrogen-bond acceptors (Lipinski definition) is 4. The van der Waals surface area contributed by atoms with Gasteiger partial charge in [0.25, 0.3) is 0 Å². The summed E-state index contributed by atoms with van der Waals surface area (Å²) in [6.07, 6.45) is 24.7. The molecule has 0 radical (unpaired) electrons. The summed E-state index contributed by atoms with van der Waals surface area (Å²) in [5, 5.41) is 32.0. The van der Waals surface area contributed by atoms with Crippen molar-refractivity contribution in [2.24, 2.45) is 0 Å². The van der Waals surface area contributed by atoms with Crippen molar-refractivity contribution in [3.63, 3.8) is 0 Å². The summed E-state index contributed by atoms with van der Waals surface area (Å²) in [6.45, 7) is 5.04. The van der Waals surface area contributed by atoms with Crippen LogP contribution in [0.1, 0.15) is 162 Å². The molecule has 198 valence electrons. The van der Waals surface area contributed by atoms with Crippen LogP contribution in [0.25, 0.3) is 0 Å². The second-order valence-electron chi connectivity index (χ2n) is 10.5. The molecule has 33 heavy (non-hydrogen) atoms. The lowest BCUT2D eigenvalue weighted by Crippen LogP contribution is -2.61. The summed E-state index contributed by atoms with van der Waals surface area (Å²) in [6, 6.07) is 0. The molecule has 0 saturated carbocycles. The number of rotatable bonds is 25. The highest BCUT2D eigenvalue weighted by atomic mass is 16.4. The van der Waals surface area contributed by atoms with Crippen LogP contribution in [-0.2, 0) is 4.79 Å². The van der Waals surface area contributed by atoms with Gasteiger partial charge in [0.05, 0.1) is 6.61 Å². The number of hydrogen-bond donors (Lipinski definition) is 3. The average molecular weight is 471 g/mol. The first kappa shape index (κ1) is 32.5. The quantitative estimate of drug-likeness (QED) is 0.120. The van der Waals surface area contributed by atoms with Crippen LogP contribution in [-0.4, -0.2) is 38.9 Å². The summed E-state index contributed by atoms with van der Waals surface area (Å²) >= 11 is 0. The van der Waals surface area contributed by atoms with E-state index in [0.717, 1.165) is 38.5 Å². The van der Waals surface area contributed by atoms with Crippen LogP contribution in [0.4, 0.5) is 0 Å². The van der Waals surface area contributed by atoms with Crippen LogP contribution in [0.5, 0.6) is 0 Å². The van der Waals surface area contributed by atoms with E-state index in [1.165, 1.54) is 96.8 Å². The standard InChI is InChI=1S/C29H58O4/c1-4-6-8-10-12-14-16-18-20-22-24-28(32,29(33,26-30)27(3)31)25-23-21-19-17-15-13-11-9-7-5-2/h30,32-33H,4-26H2,1-3H3. The monoisotopic (exact) mass is 470 g/mol. The Balaban J connectivity index is 4.28. The molecular weight excluding hydrogens is 412 g/mol. The Kier molecular flexibility index (Phi) is 20.6. The summed E-state index contributed by atoms with van der Waals surface area (Å²) in [7, 11) is 0. The fraction of sp³-hybridized carbons (Fsp3) is 0.966. The fourth-order valence-electron chi connectivity index (χ4n) is 4.93. The van der Waals surface area contributed by atoms with E-state index in [0.29, 0.717) is 12.8 Å². The smallest absolute Gasteiger partial charge is 0.174 e. The predicted octanol–water partition coefficient (Wildman–Crippen LogP) is 7.65. The Hall–Kier alpha value is -0.450. The van der Waals surface area contributed by atoms with Gasteiger partial charge in [-0.1, -0.05) is 142 Å². The molecular formula is C29H58O4. The number of aliphatic hydroxyl groups excluding tert-OH is 1. The van der Waals surface area contributed by atoms with Crippen molar-refractivity contribution < 1.29 is 20.1 Å². The third kappa shape index (κ3) is 14.5. The van der Waals surface area contributed by atoms with Crippen LogP contribution in [0.3, 0.4) is 0 Å². The van der Waals surface area contributed by atoms with E-state index in [9.17, 15) is 20.1 Å². The Labute approximate surface area is 206 Å². The zero-order chi connectivity index (χ0) is 24.8. The van der Waals surface area contributed by atoms with Crippen LogP contribution >= 0.6 is 0 Å². The third-order valence-corrected chi connectivity index (χ3v) is 7.47. The Morgan fingerprint density at radius 3 is 1.06 bits per heavy atom. The van der Waals surface area contributed by atoms with Gasteiger partial charge in [0.2, 0.25) is 0 Å². The van der Waals surface area contributed by atoms with E-state index in [1.54, 1.807) is 0 Å². The van der Waals surface area contributed by atoms with Gasteiger partial charge in [0.15, 0.2) is 11.4 Å². The van der Waals surface area contributed by atoms with E-state index in [1.807, 2.05) is 0 Å². The lowest BCUT2D eigenvalue weighted by atomic mass is 9.74. The topological polar surface area (TPSA) is 77.8 Å². The largest absolute Gasteiger partial charge is 0.393 e. The minimum atomic E-state index is -2.05. The number of Topliss-reactive ketones (excluding diaryl/α,β-unsaturated/α-hetero) is 1. The van der Waals surface area contributed by atoms with Gasteiger partial charge in [-0.05, 0) is 19.8 Å². The van der Waals surface area contributed by atoms with Crippen LogP contribution < -0.4 is 0 Å². The maximum Gasteiger partial charge on any atom is 0.174 e. The van der Waals surface area contributed by atoms with Crippen LogP contribution in [0, 0.1) is 0 Å². The summed E-state index contributed by atoms with van der Waals surface area (Å²) in [5.74, 6) is -0.536. The summed E-state index contributed by atoms with van der Waals surface area (Å²) in [5.41, 5.74) is -3.58. The van der Waals surface area contributed by atoms with Crippen molar-refractivity contribution in [2.75, 3.05) is 6.61 Å². The van der Waals surface area contributed by atoms with Gasteiger partial charge >= 0.3 is 0 Å². The van der Waals surface area contributed by atoms with Gasteiger partial charge in [-0.25, -0.2) is 0 Å². The zero-order valence-corrected chi connectivity index (χ0v) is 22.5. The molecule has 0 rings (SSSR count). The lowest BCUT2D eigenvalue weighted by molar-refractivity contribution is -0.188. The normalized spacial score (nSPS) is 13.9. The first-order valence-corrected chi connectivity index (χ1v) is 14.4. The summed E-state index contributed by atoms with van der Waals surface area (Å²) < 4.78 is 0. The summed E-state index contributed by atoms with van der Waals surface area (Å²) in [4.78, 5) is 12.1. The van der Waals surface area contributed by atoms with Gasteiger partial charge in [0, 0.05) is 0 Å². The highest BCUT2D eigenvalue weighted by Gasteiger charge is 2.51. The molecule has 0 aromatic rings. The second-order valence-corrected chi connectivity index (χ2v) is 10.5. The van der Waals surface area contributed by atoms with Gasteiger partial charge in [-0.15, -0.1) is 0 Å². The molecule has 4 nitrogen and oxygen atoms in total. The maximum absolute atomic E-state index is 12.1. The van der Waals surface area contributed by atoms with Gasteiger partial charge < -0.3 is 15.3 Å². The fourth-order valence-corrected chi connectivity index (χ4v) is 4.93. The van der Waals surface area contributed by atoms with E-state index < -0.39 is 23.6 Å². The number of aliphatic hydroxyl groups is 3. The molecule has 3 N–H and O–H groups in total. The minimum Gasteiger partial charge on any atom is -0.393 e. The molecule has 0 aliphatic carbocycles. The first-order valence-electron chi connectivity index (χ1n) is 14.4. The molecule has 0 aromatic carbocycles. The molecule has 0 amide bonds. The van der Waals surface area contributed by atoms with E-state index in [2.05, 4.69) is 13.8 Å². The van der Waals surface area contributed by atoms with Crippen molar-refractivity contribution in [1.82, 2.24) is 0 Å². The highest BCUT2D eigenvalue weighted by molar-refractivity contribution is 5.86. The zero-order valence-electron chi connectivity index (χ0n) is 22.5. The molecule has 0 aliphatic heterocycles. The molecule has 0 aliphatic rings. The molecule has 4 heteroatoms. The molecule has 0 bridgehead atoms. The average Bonchev–Trinajstić information content (AvgIpc) is 2.80. The molecule has 0 spiro atoms. The SMILES string of the molecule is CCCCCCCCCCCCC(O)(CCCCCCCCCCCC)C(O)(CO)C(C)=O. The number of carbonyl (C=O) groups excluding carboxylic acids is 1. The third-order valence-electron chi connectivity index (χ3n) is 7.47. The lowest BCUT2D eigenvalue weighted by Gasteiger charge is -2.41. The Morgan fingerprint density at radius 1 is 0.545 bits per heavy atom. The molecule has 0 saturated heterocycles. The van der Waals surface area contributed by atoms with E-state index >= 15 is 0 Å². The van der Waals surface area contributed by atoms with Crippen molar-refractivity contribution in [1.29, 1.82) is 0 Å². The highest BCUT2D eigenvalue weighted by Crippen LogP contribution is 2.34. The number of carbonyl (C=O) groups is 1.